The van der Waals surface area contributed by atoms with Gasteiger partial charge in [0.25, 0.3) is 0 Å². The predicted molar refractivity (Wildman–Crippen MR) is 136 cm³/mol. The van der Waals surface area contributed by atoms with Crippen molar-refractivity contribution in [3.8, 4) is 0 Å². The van der Waals surface area contributed by atoms with Gasteiger partial charge in [-0.1, -0.05) is 18.2 Å². The maximum absolute atomic E-state index is 15.0. The van der Waals surface area contributed by atoms with Crippen LogP contribution in [0.25, 0.3) is 0 Å². The highest BCUT2D eigenvalue weighted by Gasteiger charge is 2.33. The number of halogens is 1. The van der Waals surface area contributed by atoms with Crippen LogP contribution in [0.5, 0.6) is 0 Å². The monoisotopic (exact) mass is 511 g/mol. The summed E-state index contributed by atoms with van der Waals surface area (Å²) in [7, 11) is 0. The molecule has 2 saturated heterocycles. The third kappa shape index (κ3) is 7.04. The summed E-state index contributed by atoms with van der Waals surface area (Å²) in [6, 6.07) is 12.9. The molecule has 0 radical (unpaired) electrons. The van der Waals surface area contributed by atoms with Crippen molar-refractivity contribution in [1.29, 1.82) is 0 Å². The van der Waals surface area contributed by atoms with Crippen molar-refractivity contribution >= 4 is 40.9 Å². The van der Waals surface area contributed by atoms with E-state index in [0.717, 1.165) is 0 Å². The van der Waals surface area contributed by atoms with Crippen LogP contribution in [0.15, 0.2) is 48.5 Å². The molecule has 10 nitrogen and oxygen atoms in total. The van der Waals surface area contributed by atoms with Crippen molar-refractivity contribution in [1.82, 2.24) is 10.2 Å². The van der Waals surface area contributed by atoms with Crippen molar-refractivity contribution < 1.29 is 28.3 Å². The molecule has 11 heteroatoms. The number of benzene rings is 2. The number of hydrogen-bond acceptors (Lipinski definition) is 7. The number of Topliss-reactive ketones (excluding diaryl/α,β-unsaturated/α-hetero) is 1. The second-order valence-electron chi connectivity index (χ2n) is 9.12. The number of para-hydroxylation sites is 1. The average Bonchev–Trinajstić information content (AvgIpc) is 3.24. The molecule has 0 bridgehead atoms. The Hall–Kier alpha value is -3.99. The number of carbonyl (C=O) groups is 4. The van der Waals surface area contributed by atoms with E-state index in [-0.39, 0.29) is 18.9 Å². The van der Waals surface area contributed by atoms with E-state index in [4.69, 9.17) is 4.74 Å². The molecule has 2 heterocycles. The summed E-state index contributed by atoms with van der Waals surface area (Å²) in [5.41, 5.74) is 1.40. The molecule has 2 aromatic rings. The molecule has 2 aliphatic rings. The fourth-order valence-corrected chi connectivity index (χ4v) is 4.37. The first-order chi connectivity index (χ1) is 17.8. The van der Waals surface area contributed by atoms with Gasteiger partial charge in [0.15, 0.2) is 0 Å². The molecule has 2 N–H and O–H groups in total. The number of rotatable bonds is 8. The first kappa shape index (κ1) is 26.1. The molecule has 2 fully saturated rings. The normalized spacial score (nSPS) is 17.9. The first-order valence-electron chi connectivity index (χ1n) is 12.2. The van der Waals surface area contributed by atoms with E-state index in [1.807, 2.05) is 15.9 Å². The Bertz CT molecular complexity index is 1150. The number of hydrogen-bond donors (Lipinski definition) is 2. The molecule has 196 valence electrons. The lowest BCUT2D eigenvalue weighted by Gasteiger charge is -2.36. The minimum absolute atomic E-state index is 0.0270. The lowest BCUT2D eigenvalue weighted by Crippen LogP contribution is -2.50. The van der Waals surface area contributed by atoms with Gasteiger partial charge in [0.1, 0.15) is 17.7 Å². The Balaban J connectivity index is 1.25. The smallest absolute Gasteiger partial charge is 0.414 e. The largest absolute Gasteiger partial charge is 0.444 e. The molecule has 0 saturated carbocycles. The third-order valence-corrected chi connectivity index (χ3v) is 6.30. The number of amides is 4. The second kappa shape index (κ2) is 11.8. The first-order valence-corrected chi connectivity index (χ1v) is 12.2. The highest BCUT2D eigenvalue weighted by atomic mass is 19.1. The topological polar surface area (TPSA) is 111 Å². The van der Waals surface area contributed by atoms with E-state index in [2.05, 4.69) is 10.6 Å². The van der Waals surface area contributed by atoms with E-state index in [0.29, 0.717) is 56.1 Å². The maximum Gasteiger partial charge on any atom is 0.414 e. The summed E-state index contributed by atoms with van der Waals surface area (Å²) in [6.45, 7) is 3.85. The van der Waals surface area contributed by atoms with Gasteiger partial charge < -0.3 is 19.7 Å². The predicted octanol–water partition coefficient (Wildman–Crippen LogP) is 2.99. The number of ether oxygens (including phenoxy) is 1. The van der Waals surface area contributed by atoms with E-state index in [1.54, 1.807) is 36.4 Å². The SMILES string of the molecule is CC(=O)CC[C@H]1CN(c2ccc(N3CCN(CC(=O)NC(=O)Nc4ccccc4)CC3)c(F)c2)C(=O)O1. The average molecular weight is 512 g/mol. The summed E-state index contributed by atoms with van der Waals surface area (Å²) >= 11 is 0. The van der Waals surface area contributed by atoms with Crippen LogP contribution in [-0.2, 0) is 14.3 Å². The number of ketones is 1. The van der Waals surface area contributed by atoms with Gasteiger partial charge in [-0.2, -0.15) is 0 Å². The molecule has 0 unspecified atom stereocenters. The zero-order valence-electron chi connectivity index (χ0n) is 20.6. The second-order valence-corrected chi connectivity index (χ2v) is 9.12. The summed E-state index contributed by atoms with van der Waals surface area (Å²) in [6.07, 6.45) is -0.176. The Kier molecular flexibility index (Phi) is 8.34. The highest BCUT2D eigenvalue weighted by molar-refractivity contribution is 6.01. The minimum Gasteiger partial charge on any atom is -0.444 e. The number of anilines is 3. The van der Waals surface area contributed by atoms with Crippen LogP contribution in [0.1, 0.15) is 19.8 Å². The molecule has 1 atom stereocenters. The summed E-state index contributed by atoms with van der Waals surface area (Å²) < 4.78 is 20.3. The molecule has 37 heavy (non-hydrogen) atoms. The molecule has 2 aliphatic heterocycles. The van der Waals surface area contributed by atoms with E-state index >= 15 is 4.39 Å². The van der Waals surface area contributed by atoms with Gasteiger partial charge in [-0.3, -0.25) is 19.9 Å². The number of imide groups is 1. The fraction of sp³-hybridized carbons (Fsp3) is 0.385. The van der Waals surface area contributed by atoms with Crippen LogP contribution < -0.4 is 20.4 Å². The molecule has 0 spiro atoms. The number of cyclic esters (lactones) is 1. The minimum atomic E-state index is -0.593. The number of carbonyl (C=O) groups excluding carboxylic acids is 4. The van der Waals surface area contributed by atoms with Crippen LogP contribution in [0, 0.1) is 5.82 Å². The van der Waals surface area contributed by atoms with Gasteiger partial charge in [0.05, 0.1) is 24.5 Å². The molecule has 4 amide bonds. The number of nitrogens with zero attached hydrogens (tertiary/aromatic N) is 3. The van der Waals surface area contributed by atoms with Gasteiger partial charge >= 0.3 is 12.1 Å². The van der Waals surface area contributed by atoms with Crippen LogP contribution >= 0.6 is 0 Å². The molecular formula is C26H30FN5O5. The quantitative estimate of drug-likeness (QED) is 0.561. The van der Waals surface area contributed by atoms with Gasteiger partial charge in [-0.15, -0.1) is 0 Å². The van der Waals surface area contributed by atoms with E-state index in [1.165, 1.54) is 17.9 Å². The van der Waals surface area contributed by atoms with Gasteiger partial charge in [0, 0.05) is 38.3 Å². The Morgan fingerprint density at radius 1 is 1.05 bits per heavy atom. The lowest BCUT2D eigenvalue weighted by atomic mass is 10.1. The molecular weight excluding hydrogens is 481 g/mol. The summed E-state index contributed by atoms with van der Waals surface area (Å²) in [5, 5.41) is 4.92. The van der Waals surface area contributed by atoms with E-state index < -0.39 is 30.0 Å². The van der Waals surface area contributed by atoms with E-state index in [9.17, 15) is 19.2 Å². The summed E-state index contributed by atoms with van der Waals surface area (Å²) in [4.78, 5) is 52.8. The fourth-order valence-electron chi connectivity index (χ4n) is 4.37. The number of urea groups is 1. The van der Waals surface area contributed by atoms with Crippen LogP contribution in [-0.4, -0.2) is 74.1 Å². The number of nitrogens with one attached hydrogen (secondary N) is 2. The van der Waals surface area contributed by atoms with Gasteiger partial charge in [0.2, 0.25) is 5.91 Å². The Morgan fingerprint density at radius 2 is 1.78 bits per heavy atom. The summed E-state index contributed by atoms with van der Waals surface area (Å²) in [5.74, 6) is -0.850. The van der Waals surface area contributed by atoms with Crippen LogP contribution in [0.2, 0.25) is 0 Å². The zero-order valence-corrected chi connectivity index (χ0v) is 20.6. The third-order valence-electron chi connectivity index (χ3n) is 6.30. The van der Waals surface area contributed by atoms with Crippen molar-refractivity contribution in [2.24, 2.45) is 0 Å². The zero-order chi connectivity index (χ0) is 26.4. The molecule has 0 aliphatic carbocycles. The van der Waals surface area contributed by atoms with Crippen LogP contribution in [0.4, 0.5) is 31.0 Å². The number of piperazine rings is 1. The van der Waals surface area contributed by atoms with Crippen molar-refractivity contribution in [2.45, 2.75) is 25.9 Å². The van der Waals surface area contributed by atoms with Gasteiger partial charge in [-0.25, -0.2) is 14.0 Å². The standard InChI is InChI=1S/C26H30FN5O5/c1-18(33)7-9-21-16-32(26(36)37-21)20-8-10-23(22(27)15-20)31-13-11-30(12-14-31)17-24(34)29-25(35)28-19-5-3-2-4-6-19/h2-6,8,10,15,21H,7,9,11-14,16-17H2,1H3,(H2,28,29,34,35)/t21-/m0/s1. The Morgan fingerprint density at radius 3 is 2.46 bits per heavy atom. The van der Waals surface area contributed by atoms with Crippen LogP contribution in [0.3, 0.4) is 0 Å². The maximum atomic E-state index is 15.0. The van der Waals surface area contributed by atoms with Crippen molar-refractivity contribution in [2.75, 3.05) is 54.4 Å². The van der Waals surface area contributed by atoms with Gasteiger partial charge in [-0.05, 0) is 43.7 Å². The lowest BCUT2D eigenvalue weighted by molar-refractivity contribution is -0.121. The highest BCUT2D eigenvalue weighted by Crippen LogP contribution is 2.29. The molecule has 4 rings (SSSR count). The molecule has 2 aromatic carbocycles. The Labute approximate surface area is 214 Å². The van der Waals surface area contributed by atoms with Crippen molar-refractivity contribution in [3.63, 3.8) is 0 Å². The van der Waals surface area contributed by atoms with Crippen molar-refractivity contribution in [3.05, 3.63) is 54.3 Å². The molecule has 0 aromatic heterocycles.